The molecule has 0 spiro atoms. The number of aromatic nitrogens is 3. The second kappa shape index (κ2) is 7.40. The third-order valence-electron chi connectivity index (χ3n) is 5.40. The molecule has 0 bridgehead atoms. The molecule has 1 atom stereocenters. The van der Waals surface area contributed by atoms with E-state index in [9.17, 15) is 0 Å². The molecule has 0 saturated carbocycles. The molecule has 7 heteroatoms. The van der Waals surface area contributed by atoms with Gasteiger partial charge in [-0.25, -0.2) is 15.0 Å². The van der Waals surface area contributed by atoms with Crippen LogP contribution in [-0.4, -0.2) is 47.3 Å². The average molecular weight is 382 g/mol. The summed E-state index contributed by atoms with van der Waals surface area (Å²) in [5.74, 6) is 1.35. The Labute approximate surface area is 162 Å². The van der Waals surface area contributed by atoms with Gasteiger partial charge >= 0.3 is 0 Å². The molecule has 6 nitrogen and oxygen atoms in total. The fourth-order valence-corrected chi connectivity index (χ4v) is 4.85. The first-order chi connectivity index (χ1) is 13.3. The number of para-hydroxylation sites is 1. The maximum atomic E-state index is 5.48. The Morgan fingerprint density at radius 3 is 2.85 bits per heavy atom. The predicted octanol–water partition coefficient (Wildman–Crippen LogP) is 3.67. The summed E-state index contributed by atoms with van der Waals surface area (Å²) in [6.07, 6.45) is 5.08. The van der Waals surface area contributed by atoms with Crippen molar-refractivity contribution in [3.8, 4) is 0 Å². The van der Waals surface area contributed by atoms with Crippen molar-refractivity contribution in [2.24, 2.45) is 0 Å². The fourth-order valence-electron chi connectivity index (χ4n) is 3.90. The Morgan fingerprint density at radius 1 is 1.07 bits per heavy atom. The molecule has 5 rings (SSSR count). The summed E-state index contributed by atoms with van der Waals surface area (Å²) in [4.78, 5) is 16.4. The lowest BCUT2D eigenvalue weighted by atomic mass is 9.96. The van der Waals surface area contributed by atoms with E-state index in [0.29, 0.717) is 12.0 Å². The first-order valence-corrected chi connectivity index (χ1v) is 10.4. The molecule has 0 aliphatic carbocycles. The van der Waals surface area contributed by atoms with Crippen LogP contribution in [0.3, 0.4) is 0 Å². The standard InChI is InChI=1S/C20H23N5OS/c1-2-4-18-17(3-1)24-20(27-18)22-15-6-10-25(13-15)19-21-9-5-16(23-19)14-7-11-26-12-8-14/h1-5,9,14-15H,6-8,10-13H2,(H,22,24). The van der Waals surface area contributed by atoms with E-state index < -0.39 is 0 Å². The quantitative estimate of drug-likeness (QED) is 0.744. The highest BCUT2D eigenvalue weighted by molar-refractivity contribution is 7.22. The van der Waals surface area contributed by atoms with E-state index in [0.717, 1.165) is 67.9 Å². The van der Waals surface area contributed by atoms with Crippen LogP contribution >= 0.6 is 11.3 Å². The Kier molecular flexibility index (Phi) is 4.63. The molecule has 2 aliphatic heterocycles. The van der Waals surface area contributed by atoms with E-state index in [4.69, 9.17) is 14.7 Å². The third kappa shape index (κ3) is 3.61. The first kappa shape index (κ1) is 16.9. The van der Waals surface area contributed by atoms with Gasteiger partial charge in [-0.15, -0.1) is 0 Å². The zero-order valence-electron chi connectivity index (χ0n) is 15.2. The normalized spacial score (nSPS) is 21.0. The molecule has 2 aromatic heterocycles. The minimum Gasteiger partial charge on any atom is -0.381 e. The van der Waals surface area contributed by atoms with Crippen molar-refractivity contribution < 1.29 is 4.74 Å². The lowest BCUT2D eigenvalue weighted by molar-refractivity contribution is 0.0845. The molecule has 1 N–H and O–H groups in total. The molecule has 0 amide bonds. The van der Waals surface area contributed by atoms with Gasteiger partial charge in [-0.05, 0) is 37.5 Å². The molecule has 27 heavy (non-hydrogen) atoms. The van der Waals surface area contributed by atoms with Crippen LogP contribution in [-0.2, 0) is 4.74 Å². The zero-order chi connectivity index (χ0) is 18.1. The van der Waals surface area contributed by atoms with Gasteiger partial charge in [0, 0.05) is 50.2 Å². The zero-order valence-corrected chi connectivity index (χ0v) is 16.0. The van der Waals surface area contributed by atoms with Crippen LogP contribution in [0, 0.1) is 0 Å². The van der Waals surface area contributed by atoms with Crippen molar-refractivity contribution in [3.63, 3.8) is 0 Å². The highest BCUT2D eigenvalue weighted by atomic mass is 32.1. The van der Waals surface area contributed by atoms with Gasteiger partial charge in [0.1, 0.15) is 0 Å². The molecule has 3 aromatic rings. The number of fused-ring (bicyclic) bond motifs is 1. The Hall–Kier alpha value is -2.25. The summed E-state index contributed by atoms with van der Waals surface area (Å²) >= 11 is 1.72. The first-order valence-electron chi connectivity index (χ1n) is 9.63. The molecule has 140 valence electrons. The van der Waals surface area contributed by atoms with Crippen LogP contribution in [0.5, 0.6) is 0 Å². The summed E-state index contributed by atoms with van der Waals surface area (Å²) in [7, 11) is 0. The maximum absolute atomic E-state index is 5.48. The van der Waals surface area contributed by atoms with Crippen molar-refractivity contribution >= 4 is 32.6 Å². The summed E-state index contributed by atoms with van der Waals surface area (Å²) < 4.78 is 6.70. The summed E-state index contributed by atoms with van der Waals surface area (Å²) in [6.45, 7) is 3.55. The van der Waals surface area contributed by atoms with Gasteiger partial charge in [-0.2, -0.15) is 0 Å². The number of hydrogen-bond acceptors (Lipinski definition) is 7. The van der Waals surface area contributed by atoms with E-state index in [1.54, 1.807) is 11.3 Å². The SMILES string of the molecule is c1ccc2sc(NC3CCN(c4nccc(C5CCOCC5)n4)C3)nc2c1. The van der Waals surface area contributed by atoms with E-state index in [-0.39, 0.29) is 0 Å². The number of nitrogens with zero attached hydrogens (tertiary/aromatic N) is 4. The monoisotopic (exact) mass is 381 g/mol. The minimum atomic E-state index is 0.376. The topological polar surface area (TPSA) is 63.2 Å². The number of benzene rings is 1. The van der Waals surface area contributed by atoms with Gasteiger partial charge in [0.05, 0.1) is 10.2 Å². The number of hydrogen-bond donors (Lipinski definition) is 1. The minimum absolute atomic E-state index is 0.376. The number of nitrogens with one attached hydrogen (secondary N) is 1. The summed E-state index contributed by atoms with van der Waals surface area (Å²) in [5.41, 5.74) is 2.22. The van der Waals surface area contributed by atoms with Gasteiger partial charge in [0.15, 0.2) is 5.13 Å². The Balaban J connectivity index is 1.26. The highest BCUT2D eigenvalue weighted by Crippen LogP contribution is 2.29. The number of thiazole rings is 1. The lowest BCUT2D eigenvalue weighted by Gasteiger charge is -2.23. The van der Waals surface area contributed by atoms with E-state index in [1.807, 2.05) is 12.3 Å². The van der Waals surface area contributed by atoms with Crippen LogP contribution in [0.4, 0.5) is 11.1 Å². The van der Waals surface area contributed by atoms with Crippen LogP contribution < -0.4 is 10.2 Å². The molecule has 1 aromatic carbocycles. The van der Waals surface area contributed by atoms with E-state index in [2.05, 4.69) is 39.5 Å². The van der Waals surface area contributed by atoms with E-state index in [1.165, 1.54) is 4.70 Å². The highest BCUT2D eigenvalue weighted by Gasteiger charge is 2.26. The maximum Gasteiger partial charge on any atom is 0.225 e. The molecule has 2 aliphatic rings. The number of anilines is 2. The molecule has 1 unspecified atom stereocenters. The average Bonchev–Trinajstić information content (AvgIpc) is 3.35. The molecule has 4 heterocycles. The van der Waals surface area contributed by atoms with Crippen LogP contribution in [0.1, 0.15) is 30.9 Å². The third-order valence-corrected chi connectivity index (χ3v) is 6.36. The van der Waals surface area contributed by atoms with Crippen molar-refractivity contribution in [1.29, 1.82) is 0 Å². The fraction of sp³-hybridized carbons (Fsp3) is 0.450. The van der Waals surface area contributed by atoms with E-state index >= 15 is 0 Å². The van der Waals surface area contributed by atoms with Crippen molar-refractivity contribution in [2.75, 3.05) is 36.5 Å². The molecule has 2 fully saturated rings. The summed E-state index contributed by atoms with van der Waals surface area (Å²) in [5, 5.41) is 4.60. The van der Waals surface area contributed by atoms with Crippen LogP contribution in [0.2, 0.25) is 0 Å². The molecule has 0 radical (unpaired) electrons. The summed E-state index contributed by atoms with van der Waals surface area (Å²) in [6, 6.07) is 10.7. The van der Waals surface area contributed by atoms with Crippen molar-refractivity contribution in [1.82, 2.24) is 15.0 Å². The van der Waals surface area contributed by atoms with Gasteiger partial charge in [0.2, 0.25) is 5.95 Å². The van der Waals surface area contributed by atoms with Crippen molar-refractivity contribution in [2.45, 2.75) is 31.2 Å². The van der Waals surface area contributed by atoms with Crippen LogP contribution in [0.25, 0.3) is 10.2 Å². The number of ether oxygens (including phenoxy) is 1. The largest absolute Gasteiger partial charge is 0.381 e. The van der Waals surface area contributed by atoms with Gasteiger partial charge in [-0.1, -0.05) is 23.5 Å². The Morgan fingerprint density at radius 2 is 1.96 bits per heavy atom. The molecular formula is C20H23N5OS. The lowest BCUT2D eigenvalue weighted by Crippen LogP contribution is -2.27. The van der Waals surface area contributed by atoms with Gasteiger partial charge in [0.25, 0.3) is 0 Å². The second-order valence-corrected chi connectivity index (χ2v) is 8.26. The van der Waals surface area contributed by atoms with Gasteiger partial charge in [-0.3, -0.25) is 0 Å². The smallest absolute Gasteiger partial charge is 0.225 e. The second-order valence-electron chi connectivity index (χ2n) is 7.23. The Bertz CT molecular complexity index is 890. The molecular weight excluding hydrogens is 358 g/mol. The molecule has 2 saturated heterocycles. The predicted molar refractivity (Wildman–Crippen MR) is 109 cm³/mol. The van der Waals surface area contributed by atoms with Crippen LogP contribution in [0.15, 0.2) is 36.5 Å². The number of rotatable bonds is 4. The van der Waals surface area contributed by atoms with Crippen molar-refractivity contribution in [3.05, 3.63) is 42.2 Å². The van der Waals surface area contributed by atoms with Gasteiger partial charge < -0.3 is 15.0 Å².